The average molecular weight is 256 g/mol. The number of alkyl halides is 1. The van der Waals surface area contributed by atoms with Gasteiger partial charge < -0.3 is 10.1 Å². The molecule has 0 saturated carbocycles. The number of nitrogens with one attached hydrogen (secondary N) is 1. The highest BCUT2D eigenvalue weighted by molar-refractivity contribution is 6.31. The highest BCUT2D eigenvalue weighted by atomic mass is 35.5. The highest BCUT2D eigenvalue weighted by Gasteiger charge is 2.16. The summed E-state index contributed by atoms with van der Waals surface area (Å²) in [5.74, 6) is -0.671. The quantitative estimate of drug-likeness (QED) is 0.497. The second kappa shape index (κ2) is 6.25. The van der Waals surface area contributed by atoms with Crippen LogP contribution in [0.2, 0.25) is 0 Å². The summed E-state index contributed by atoms with van der Waals surface area (Å²) in [6, 6.07) is 6.38. The zero-order valence-corrected chi connectivity index (χ0v) is 10.5. The topological polar surface area (TPSA) is 55.4 Å². The zero-order valence-electron chi connectivity index (χ0n) is 9.70. The maximum absolute atomic E-state index is 11.6. The number of hydrogen-bond acceptors (Lipinski definition) is 4. The van der Waals surface area contributed by atoms with Gasteiger partial charge in [-0.2, -0.15) is 0 Å². The molecule has 1 aromatic rings. The SMILES string of the molecule is COC(=O)[C@H](C)Nc1ccccc1C(=O)CCl. The van der Waals surface area contributed by atoms with E-state index in [1.807, 2.05) is 0 Å². The van der Waals surface area contributed by atoms with Crippen molar-refractivity contribution in [2.45, 2.75) is 13.0 Å². The summed E-state index contributed by atoms with van der Waals surface area (Å²) in [5, 5.41) is 2.92. The molecule has 5 heteroatoms. The minimum atomic E-state index is -0.524. The van der Waals surface area contributed by atoms with E-state index < -0.39 is 12.0 Å². The van der Waals surface area contributed by atoms with Crippen LogP contribution in [0.15, 0.2) is 24.3 Å². The molecule has 0 spiro atoms. The summed E-state index contributed by atoms with van der Waals surface area (Å²) in [4.78, 5) is 22.8. The molecule has 0 aliphatic heterocycles. The number of ketones is 1. The van der Waals surface area contributed by atoms with Crippen LogP contribution < -0.4 is 5.32 Å². The minimum Gasteiger partial charge on any atom is -0.467 e. The number of Topliss-reactive ketones (excluding diaryl/α,β-unsaturated/α-hetero) is 1. The second-order valence-electron chi connectivity index (χ2n) is 3.49. The van der Waals surface area contributed by atoms with Gasteiger partial charge in [-0.05, 0) is 19.1 Å². The van der Waals surface area contributed by atoms with Crippen LogP contribution in [-0.2, 0) is 9.53 Å². The van der Waals surface area contributed by atoms with Crippen LogP contribution in [0.3, 0.4) is 0 Å². The fourth-order valence-corrected chi connectivity index (χ4v) is 1.54. The van der Waals surface area contributed by atoms with Crippen LogP contribution in [-0.4, -0.2) is 30.8 Å². The van der Waals surface area contributed by atoms with Crippen LogP contribution in [0.25, 0.3) is 0 Å². The van der Waals surface area contributed by atoms with Crippen molar-refractivity contribution < 1.29 is 14.3 Å². The first-order valence-corrected chi connectivity index (χ1v) is 5.66. The predicted octanol–water partition coefficient (Wildman–Crippen LogP) is 2.08. The van der Waals surface area contributed by atoms with Crippen LogP contribution in [0.4, 0.5) is 5.69 Å². The summed E-state index contributed by atoms with van der Waals surface area (Å²) in [5.41, 5.74) is 1.05. The average Bonchev–Trinajstić information content (AvgIpc) is 2.37. The standard InChI is InChI=1S/C12H14ClNO3/c1-8(12(16)17-2)14-10-6-4-3-5-9(10)11(15)7-13/h3-6,8,14H,7H2,1-2H3/t8-/m0/s1. The van der Waals surface area contributed by atoms with Crippen LogP contribution in [0.5, 0.6) is 0 Å². The number of methoxy groups -OCH3 is 1. The van der Waals surface area contributed by atoms with Crippen molar-refractivity contribution in [3.8, 4) is 0 Å². The van der Waals surface area contributed by atoms with E-state index in [1.165, 1.54) is 7.11 Å². The summed E-state index contributed by atoms with van der Waals surface area (Å²) in [6.45, 7) is 1.66. The number of rotatable bonds is 5. The van der Waals surface area contributed by atoms with E-state index in [9.17, 15) is 9.59 Å². The lowest BCUT2D eigenvalue weighted by Crippen LogP contribution is -2.28. The van der Waals surface area contributed by atoms with Gasteiger partial charge in [0.1, 0.15) is 6.04 Å². The first kappa shape index (κ1) is 13.5. The van der Waals surface area contributed by atoms with Crippen LogP contribution in [0.1, 0.15) is 17.3 Å². The molecule has 0 radical (unpaired) electrons. The Morgan fingerprint density at radius 2 is 2.06 bits per heavy atom. The van der Waals surface area contributed by atoms with Crippen LogP contribution in [0, 0.1) is 0 Å². The maximum Gasteiger partial charge on any atom is 0.327 e. The van der Waals surface area contributed by atoms with Crippen molar-refractivity contribution >= 4 is 29.0 Å². The normalized spacial score (nSPS) is 11.7. The molecule has 1 rings (SSSR count). The molecule has 0 aromatic heterocycles. The van der Waals surface area contributed by atoms with Gasteiger partial charge in [-0.3, -0.25) is 4.79 Å². The van der Waals surface area contributed by atoms with E-state index in [4.69, 9.17) is 11.6 Å². The smallest absolute Gasteiger partial charge is 0.327 e. The molecular formula is C12H14ClNO3. The summed E-state index contributed by atoms with van der Waals surface area (Å²) < 4.78 is 4.60. The number of para-hydroxylation sites is 1. The van der Waals surface area contributed by atoms with Gasteiger partial charge in [0.15, 0.2) is 5.78 Å². The lowest BCUT2D eigenvalue weighted by Gasteiger charge is -2.15. The van der Waals surface area contributed by atoms with Gasteiger partial charge in [0.05, 0.1) is 13.0 Å². The third-order valence-electron chi connectivity index (χ3n) is 2.28. The summed E-state index contributed by atoms with van der Waals surface area (Å²) in [7, 11) is 1.32. The fourth-order valence-electron chi connectivity index (χ4n) is 1.39. The molecule has 1 aromatic carbocycles. The van der Waals surface area contributed by atoms with Gasteiger partial charge in [0.25, 0.3) is 0 Å². The van der Waals surface area contributed by atoms with Gasteiger partial charge in [0, 0.05) is 11.3 Å². The fraction of sp³-hybridized carbons (Fsp3) is 0.333. The van der Waals surface area contributed by atoms with Gasteiger partial charge in [0.2, 0.25) is 0 Å². The Morgan fingerprint density at radius 3 is 2.65 bits per heavy atom. The number of halogens is 1. The molecule has 0 aliphatic rings. The van der Waals surface area contributed by atoms with Gasteiger partial charge in [-0.1, -0.05) is 12.1 Å². The third-order valence-corrected chi connectivity index (χ3v) is 2.52. The number of anilines is 1. The van der Waals surface area contributed by atoms with Crippen molar-refractivity contribution in [3.63, 3.8) is 0 Å². The van der Waals surface area contributed by atoms with Gasteiger partial charge in [-0.25, -0.2) is 4.79 Å². The molecule has 0 unspecified atom stereocenters. The van der Waals surface area contributed by atoms with E-state index in [-0.39, 0.29) is 11.7 Å². The molecule has 0 amide bonds. The molecule has 1 atom stereocenters. The first-order valence-electron chi connectivity index (χ1n) is 5.12. The number of hydrogen-bond donors (Lipinski definition) is 1. The molecule has 4 nitrogen and oxygen atoms in total. The Kier molecular flexibility index (Phi) is 4.97. The Balaban J connectivity index is 2.91. The van der Waals surface area contributed by atoms with Crippen molar-refractivity contribution in [2.24, 2.45) is 0 Å². The Hall–Kier alpha value is -1.55. The minimum absolute atomic E-state index is 0.0920. The molecule has 1 N–H and O–H groups in total. The van der Waals surface area contributed by atoms with Gasteiger partial charge >= 0.3 is 5.97 Å². The second-order valence-corrected chi connectivity index (χ2v) is 3.76. The van der Waals surface area contributed by atoms with E-state index in [2.05, 4.69) is 10.1 Å². The molecule has 17 heavy (non-hydrogen) atoms. The number of carbonyl (C=O) groups excluding carboxylic acids is 2. The number of carbonyl (C=O) groups is 2. The van der Waals surface area contributed by atoms with E-state index in [0.29, 0.717) is 11.3 Å². The lowest BCUT2D eigenvalue weighted by molar-refractivity contribution is -0.141. The largest absolute Gasteiger partial charge is 0.467 e. The number of esters is 1. The Morgan fingerprint density at radius 1 is 1.41 bits per heavy atom. The summed E-state index contributed by atoms with van der Waals surface area (Å²) >= 11 is 5.52. The predicted molar refractivity (Wildman–Crippen MR) is 66.6 cm³/mol. The zero-order chi connectivity index (χ0) is 12.8. The molecular weight excluding hydrogens is 242 g/mol. The van der Waals surface area contributed by atoms with Crippen molar-refractivity contribution in [3.05, 3.63) is 29.8 Å². The molecule has 0 saturated heterocycles. The van der Waals surface area contributed by atoms with E-state index in [1.54, 1.807) is 31.2 Å². The van der Waals surface area contributed by atoms with Crippen LogP contribution >= 0.6 is 11.6 Å². The van der Waals surface area contributed by atoms with Gasteiger partial charge in [-0.15, -0.1) is 11.6 Å². The number of ether oxygens (including phenoxy) is 1. The lowest BCUT2D eigenvalue weighted by atomic mass is 10.1. The van der Waals surface area contributed by atoms with Crippen molar-refractivity contribution in [1.29, 1.82) is 0 Å². The Bertz CT molecular complexity index is 420. The highest BCUT2D eigenvalue weighted by Crippen LogP contribution is 2.17. The summed E-state index contributed by atoms with van der Waals surface area (Å²) in [6.07, 6.45) is 0. The molecule has 0 heterocycles. The molecule has 0 bridgehead atoms. The molecule has 0 fully saturated rings. The molecule has 0 aliphatic carbocycles. The van der Waals surface area contributed by atoms with Crippen molar-refractivity contribution in [1.82, 2.24) is 0 Å². The van der Waals surface area contributed by atoms with Crippen molar-refractivity contribution in [2.75, 3.05) is 18.3 Å². The first-order chi connectivity index (χ1) is 8.10. The van der Waals surface area contributed by atoms with E-state index >= 15 is 0 Å². The maximum atomic E-state index is 11.6. The number of benzene rings is 1. The third kappa shape index (κ3) is 3.46. The molecule has 92 valence electrons. The monoisotopic (exact) mass is 255 g/mol. The van der Waals surface area contributed by atoms with E-state index in [0.717, 1.165) is 0 Å². The Labute approximate surface area is 105 Å².